The molecule has 0 aliphatic heterocycles. The number of nitrogens with two attached hydrogens (primary N) is 1. The first kappa shape index (κ1) is 13.1. The highest BCUT2D eigenvalue weighted by Crippen LogP contribution is 2.29. The molecule has 1 aromatic heterocycles. The number of carbonyl (C=O) groups excluding carboxylic acids is 1. The van der Waals surface area contributed by atoms with Gasteiger partial charge in [0.05, 0.1) is 17.4 Å². The molecule has 0 amide bonds. The highest BCUT2D eigenvalue weighted by molar-refractivity contribution is 5.99. The second kappa shape index (κ2) is 4.42. The number of anilines is 1. The molecule has 4 nitrogen and oxygen atoms in total. The average Bonchev–Trinajstić information content (AvgIpc) is 2.78. The fraction of sp³-hybridized carbons (Fsp3) is 0.167. The third-order valence-corrected chi connectivity index (χ3v) is 2.59. The summed E-state index contributed by atoms with van der Waals surface area (Å²) in [5.41, 5.74) is 5.63. The molecule has 0 atom stereocenters. The molecule has 2 N–H and O–H groups in total. The van der Waals surface area contributed by atoms with Crippen molar-refractivity contribution in [2.75, 3.05) is 5.73 Å². The molecule has 0 unspecified atom stereocenters. The van der Waals surface area contributed by atoms with Gasteiger partial charge in [0.25, 0.3) is 0 Å². The van der Waals surface area contributed by atoms with Gasteiger partial charge in [-0.05, 0) is 25.1 Å². The monoisotopic (exact) mass is 269 g/mol. The fourth-order valence-corrected chi connectivity index (χ4v) is 1.60. The molecule has 0 aliphatic rings. The van der Waals surface area contributed by atoms with Crippen LogP contribution in [-0.2, 0) is 6.18 Å². The highest BCUT2D eigenvalue weighted by atomic mass is 19.4. The first-order valence-corrected chi connectivity index (χ1v) is 5.32. The summed E-state index contributed by atoms with van der Waals surface area (Å²) in [4.78, 5) is 11.3. The van der Waals surface area contributed by atoms with Gasteiger partial charge in [0.1, 0.15) is 0 Å². The van der Waals surface area contributed by atoms with Gasteiger partial charge in [-0.2, -0.15) is 18.3 Å². The number of aromatic nitrogens is 2. The van der Waals surface area contributed by atoms with Crippen molar-refractivity contribution in [3.8, 4) is 5.69 Å². The minimum Gasteiger partial charge on any atom is -0.398 e. The lowest BCUT2D eigenvalue weighted by Crippen LogP contribution is -2.04. The summed E-state index contributed by atoms with van der Waals surface area (Å²) in [6.07, 6.45) is -2.87. The van der Waals surface area contributed by atoms with E-state index in [4.69, 9.17) is 5.73 Å². The van der Waals surface area contributed by atoms with Gasteiger partial charge < -0.3 is 5.73 Å². The van der Waals surface area contributed by atoms with Crippen molar-refractivity contribution in [2.24, 2.45) is 0 Å². The normalized spacial score (nSPS) is 11.6. The van der Waals surface area contributed by atoms with Crippen LogP contribution >= 0.6 is 0 Å². The summed E-state index contributed by atoms with van der Waals surface area (Å²) in [7, 11) is 0. The maximum atomic E-state index is 12.5. The van der Waals surface area contributed by atoms with Gasteiger partial charge in [0, 0.05) is 17.4 Å². The lowest BCUT2D eigenvalue weighted by Gasteiger charge is -2.06. The smallest absolute Gasteiger partial charge is 0.398 e. The zero-order valence-corrected chi connectivity index (χ0v) is 9.90. The van der Waals surface area contributed by atoms with Gasteiger partial charge in [-0.25, -0.2) is 4.68 Å². The summed E-state index contributed by atoms with van der Waals surface area (Å²) >= 11 is 0. The second-order valence-corrected chi connectivity index (χ2v) is 4.00. The second-order valence-electron chi connectivity index (χ2n) is 4.00. The van der Waals surface area contributed by atoms with Gasteiger partial charge in [-0.15, -0.1) is 0 Å². The van der Waals surface area contributed by atoms with Crippen molar-refractivity contribution in [3.05, 3.63) is 41.7 Å². The fourth-order valence-electron chi connectivity index (χ4n) is 1.60. The van der Waals surface area contributed by atoms with Gasteiger partial charge >= 0.3 is 6.18 Å². The Labute approximate surface area is 106 Å². The minimum absolute atomic E-state index is 0.251. The van der Waals surface area contributed by atoms with Crippen LogP contribution in [0.5, 0.6) is 0 Å². The van der Waals surface area contributed by atoms with E-state index in [0.29, 0.717) is 5.69 Å². The van der Waals surface area contributed by atoms with Crippen LogP contribution in [0.25, 0.3) is 5.69 Å². The van der Waals surface area contributed by atoms with E-state index in [2.05, 4.69) is 5.10 Å². The molecule has 0 saturated heterocycles. The number of halogens is 3. The minimum atomic E-state index is -4.45. The van der Waals surface area contributed by atoms with Crippen LogP contribution in [0.2, 0.25) is 0 Å². The van der Waals surface area contributed by atoms with E-state index in [9.17, 15) is 18.0 Å². The number of alkyl halides is 3. The Kier molecular flexibility index (Phi) is 3.05. The molecule has 7 heteroatoms. The number of carbonyl (C=O) groups is 1. The number of nitrogen functional groups attached to an aromatic ring is 1. The molecule has 0 saturated carbocycles. The molecule has 100 valence electrons. The zero-order chi connectivity index (χ0) is 14.2. The van der Waals surface area contributed by atoms with Crippen LogP contribution in [0.4, 0.5) is 18.9 Å². The maximum absolute atomic E-state index is 12.5. The Balaban J connectivity index is 2.45. The van der Waals surface area contributed by atoms with Crippen LogP contribution in [0.1, 0.15) is 22.8 Å². The molecule has 0 radical (unpaired) electrons. The molecular formula is C12H10F3N3O. The molecule has 0 bridgehead atoms. The molecule has 2 aromatic rings. The number of hydrogen-bond acceptors (Lipinski definition) is 3. The Morgan fingerprint density at radius 1 is 1.37 bits per heavy atom. The zero-order valence-electron chi connectivity index (χ0n) is 9.90. The Bertz CT molecular complexity index is 631. The van der Waals surface area contributed by atoms with E-state index in [1.165, 1.54) is 25.1 Å². The Morgan fingerprint density at radius 3 is 2.58 bits per heavy atom. The van der Waals surface area contributed by atoms with Gasteiger partial charge in [-0.3, -0.25) is 4.79 Å². The topological polar surface area (TPSA) is 60.9 Å². The maximum Gasteiger partial charge on any atom is 0.419 e. The predicted molar refractivity (Wildman–Crippen MR) is 63.0 cm³/mol. The highest BCUT2D eigenvalue weighted by Gasteiger charge is 2.32. The lowest BCUT2D eigenvalue weighted by atomic mass is 10.1. The third kappa shape index (κ3) is 2.59. The lowest BCUT2D eigenvalue weighted by molar-refractivity contribution is -0.137. The number of Topliss-reactive ketones (excluding diaryl/α,β-unsaturated/α-hetero) is 1. The molecule has 1 heterocycles. The molecule has 0 spiro atoms. The summed E-state index contributed by atoms with van der Waals surface area (Å²) in [5.74, 6) is -0.262. The van der Waals surface area contributed by atoms with Gasteiger partial charge in [0.15, 0.2) is 5.78 Å². The molecule has 0 aliphatic carbocycles. The van der Waals surface area contributed by atoms with Crippen molar-refractivity contribution in [2.45, 2.75) is 13.1 Å². The number of benzene rings is 1. The van der Waals surface area contributed by atoms with Gasteiger partial charge in [0.2, 0.25) is 0 Å². The third-order valence-electron chi connectivity index (χ3n) is 2.59. The quantitative estimate of drug-likeness (QED) is 0.673. The summed E-state index contributed by atoms with van der Waals surface area (Å²) < 4.78 is 38.4. The van der Waals surface area contributed by atoms with Crippen molar-refractivity contribution in [1.82, 2.24) is 9.78 Å². The average molecular weight is 269 g/mol. The summed E-state index contributed by atoms with van der Waals surface area (Å²) in [6.45, 7) is 1.33. The van der Waals surface area contributed by atoms with Crippen molar-refractivity contribution in [3.63, 3.8) is 0 Å². The number of ketones is 1. The number of nitrogens with zero attached hydrogens (tertiary/aromatic N) is 2. The molecule has 19 heavy (non-hydrogen) atoms. The Hall–Kier alpha value is -2.31. The number of rotatable bonds is 2. The molecule has 0 fully saturated rings. The molecule has 2 rings (SSSR count). The van der Waals surface area contributed by atoms with Gasteiger partial charge in [-0.1, -0.05) is 0 Å². The first-order chi connectivity index (χ1) is 8.79. The predicted octanol–water partition coefficient (Wildman–Crippen LogP) is 2.68. The van der Waals surface area contributed by atoms with Crippen LogP contribution in [0.3, 0.4) is 0 Å². The largest absolute Gasteiger partial charge is 0.419 e. The summed E-state index contributed by atoms with van der Waals surface area (Å²) in [5, 5.41) is 3.63. The molecular weight excluding hydrogens is 259 g/mol. The van der Waals surface area contributed by atoms with E-state index in [0.717, 1.165) is 17.1 Å². The van der Waals surface area contributed by atoms with Crippen LogP contribution in [0, 0.1) is 0 Å². The van der Waals surface area contributed by atoms with Crippen LogP contribution < -0.4 is 5.73 Å². The van der Waals surface area contributed by atoms with Crippen molar-refractivity contribution in [1.29, 1.82) is 0 Å². The van der Waals surface area contributed by atoms with E-state index in [1.54, 1.807) is 0 Å². The SMILES string of the molecule is CC(=O)c1cc(-n2cc(C(F)(F)F)cn2)ccc1N. The molecule has 1 aromatic carbocycles. The van der Waals surface area contributed by atoms with Crippen molar-refractivity contribution >= 4 is 11.5 Å². The van der Waals surface area contributed by atoms with Crippen LogP contribution in [-0.4, -0.2) is 15.6 Å². The van der Waals surface area contributed by atoms with Crippen LogP contribution in [0.15, 0.2) is 30.6 Å². The Morgan fingerprint density at radius 2 is 2.05 bits per heavy atom. The standard InChI is InChI=1S/C12H10F3N3O/c1-7(19)10-4-9(2-3-11(10)16)18-6-8(5-17-18)12(13,14)15/h2-6H,16H2,1H3. The van der Waals surface area contributed by atoms with E-state index in [1.807, 2.05) is 0 Å². The first-order valence-electron chi connectivity index (χ1n) is 5.32. The number of hydrogen-bond donors (Lipinski definition) is 1. The van der Waals surface area contributed by atoms with E-state index >= 15 is 0 Å². The van der Waals surface area contributed by atoms with E-state index < -0.39 is 11.7 Å². The van der Waals surface area contributed by atoms with E-state index in [-0.39, 0.29) is 17.0 Å². The van der Waals surface area contributed by atoms with Crippen molar-refractivity contribution < 1.29 is 18.0 Å². The summed E-state index contributed by atoms with van der Waals surface area (Å²) in [6, 6.07) is 4.36.